The molecule has 4 rings (SSSR count). The molecular weight excluding hydrogens is 354 g/mol. The Labute approximate surface area is 166 Å². The summed E-state index contributed by atoms with van der Waals surface area (Å²) >= 11 is 0. The van der Waals surface area contributed by atoms with Crippen molar-refractivity contribution in [3.8, 4) is 11.5 Å². The normalized spacial score (nSPS) is 16.4. The molecule has 6 nitrogen and oxygen atoms in total. The molecule has 2 aromatic carbocycles. The Bertz CT molecular complexity index is 832. The molecule has 148 valence electrons. The number of piperazine rings is 1. The molecular formula is C22H27N3O3. The zero-order chi connectivity index (χ0) is 19.3. The Morgan fingerprint density at radius 1 is 1.00 bits per heavy atom. The first kappa shape index (κ1) is 18.8. The summed E-state index contributed by atoms with van der Waals surface area (Å²) in [5, 5.41) is 3.27. The van der Waals surface area contributed by atoms with Gasteiger partial charge in [-0.2, -0.15) is 0 Å². The van der Waals surface area contributed by atoms with E-state index < -0.39 is 0 Å². The maximum absolute atomic E-state index is 12.5. The van der Waals surface area contributed by atoms with E-state index in [0.717, 1.165) is 50.8 Å². The van der Waals surface area contributed by atoms with Crippen molar-refractivity contribution >= 4 is 5.91 Å². The van der Waals surface area contributed by atoms with Gasteiger partial charge in [0.25, 0.3) is 0 Å². The number of rotatable bonds is 6. The van der Waals surface area contributed by atoms with Crippen LogP contribution in [-0.4, -0.2) is 55.2 Å². The van der Waals surface area contributed by atoms with E-state index in [1.807, 2.05) is 17.0 Å². The number of hydrogen-bond donors (Lipinski definition) is 1. The van der Waals surface area contributed by atoms with Gasteiger partial charge in [0.15, 0.2) is 11.5 Å². The minimum atomic E-state index is 0.176. The lowest BCUT2D eigenvalue weighted by molar-refractivity contribution is -0.132. The van der Waals surface area contributed by atoms with Gasteiger partial charge in [-0.1, -0.05) is 35.9 Å². The summed E-state index contributed by atoms with van der Waals surface area (Å²) < 4.78 is 10.8. The van der Waals surface area contributed by atoms with Gasteiger partial charge >= 0.3 is 0 Å². The van der Waals surface area contributed by atoms with Gasteiger partial charge in [-0.15, -0.1) is 0 Å². The molecule has 0 saturated carbocycles. The van der Waals surface area contributed by atoms with E-state index in [4.69, 9.17) is 9.47 Å². The zero-order valence-electron chi connectivity index (χ0n) is 16.3. The Hall–Kier alpha value is -2.57. The Morgan fingerprint density at radius 2 is 1.82 bits per heavy atom. The smallest absolute Gasteiger partial charge is 0.236 e. The largest absolute Gasteiger partial charge is 0.454 e. The van der Waals surface area contributed by atoms with E-state index in [1.54, 1.807) is 0 Å². The van der Waals surface area contributed by atoms with Gasteiger partial charge < -0.3 is 19.7 Å². The third-order valence-corrected chi connectivity index (χ3v) is 5.26. The molecule has 1 fully saturated rings. The van der Waals surface area contributed by atoms with Crippen molar-refractivity contribution in [2.75, 3.05) is 39.5 Å². The van der Waals surface area contributed by atoms with Gasteiger partial charge in [0, 0.05) is 39.3 Å². The Kier molecular flexibility index (Phi) is 5.78. The lowest BCUT2D eigenvalue weighted by Gasteiger charge is -2.34. The molecule has 2 aromatic rings. The molecule has 2 aliphatic heterocycles. The fraction of sp³-hybridized carbons (Fsp3) is 0.409. The van der Waals surface area contributed by atoms with Crippen LogP contribution in [0.1, 0.15) is 16.7 Å². The lowest BCUT2D eigenvalue weighted by Crippen LogP contribution is -2.50. The van der Waals surface area contributed by atoms with Crippen LogP contribution >= 0.6 is 0 Å². The van der Waals surface area contributed by atoms with Gasteiger partial charge in [0.2, 0.25) is 12.7 Å². The van der Waals surface area contributed by atoms with Crippen LogP contribution in [0, 0.1) is 6.92 Å². The van der Waals surface area contributed by atoms with Crippen molar-refractivity contribution in [2.45, 2.75) is 20.0 Å². The SMILES string of the molecule is Cc1cccc(CNCC(=O)N2CCN(Cc3ccc4c(c3)OCO4)CC2)c1. The number of fused-ring (bicyclic) bond motifs is 1. The van der Waals surface area contributed by atoms with Crippen molar-refractivity contribution in [3.63, 3.8) is 0 Å². The first-order chi connectivity index (χ1) is 13.7. The molecule has 1 saturated heterocycles. The molecule has 0 bridgehead atoms. The number of aryl methyl sites for hydroxylation is 1. The van der Waals surface area contributed by atoms with Crippen molar-refractivity contribution in [3.05, 3.63) is 59.2 Å². The molecule has 1 N–H and O–H groups in total. The summed E-state index contributed by atoms with van der Waals surface area (Å²) in [7, 11) is 0. The number of benzene rings is 2. The zero-order valence-corrected chi connectivity index (χ0v) is 16.3. The van der Waals surface area contributed by atoms with Crippen LogP contribution in [0.3, 0.4) is 0 Å². The second-order valence-electron chi connectivity index (χ2n) is 7.44. The highest BCUT2D eigenvalue weighted by Gasteiger charge is 2.21. The lowest BCUT2D eigenvalue weighted by atomic mass is 10.1. The van der Waals surface area contributed by atoms with E-state index in [1.165, 1.54) is 16.7 Å². The highest BCUT2D eigenvalue weighted by molar-refractivity contribution is 5.78. The van der Waals surface area contributed by atoms with Crippen LogP contribution in [-0.2, 0) is 17.9 Å². The molecule has 2 aliphatic rings. The molecule has 0 unspecified atom stereocenters. The quantitative estimate of drug-likeness (QED) is 0.831. The minimum Gasteiger partial charge on any atom is -0.454 e. The van der Waals surface area contributed by atoms with Gasteiger partial charge in [0.1, 0.15) is 0 Å². The molecule has 28 heavy (non-hydrogen) atoms. The summed E-state index contributed by atoms with van der Waals surface area (Å²) in [5.74, 6) is 1.82. The van der Waals surface area contributed by atoms with Gasteiger partial charge in [0.05, 0.1) is 6.54 Å². The first-order valence-electron chi connectivity index (χ1n) is 9.82. The van der Waals surface area contributed by atoms with Gasteiger partial charge in [-0.05, 0) is 30.2 Å². The molecule has 6 heteroatoms. The van der Waals surface area contributed by atoms with Crippen molar-refractivity contribution in [1.82, 2.24) is 15.1 Å². The number of ether oxygens (including phenoxy) is 2. The van der Waals surface area contributed by atoms with Crippen LogP contribution < -0.4 is 14.8 Å². The van der Waals surface area contributed by atoms with E-state index in [9.17, 15) is 4.79 Å². The molecule has 2 heterocycles. The molecule has 0 spiro atoms. The average Bonchev–Trinajstić information content (AvgIpc) is 3.16. The molecule has 0 aliphatic carbocycles. The first-order valence-corrected chi connectivity index (χ1v) is 9.82. The molecule has 0 radical (unpaired) electrons. The second-order valence-corrected chi connectivity index (χ2v) is 7.44. The number of nitrogens with one attached hydrogen (secondary N) is 1. The van der Waals surface area contributed by atoms with Crippen LogP contribution in [0.25, 0.3) is 0 Å². The summed E-state index contributed by atoms with van der Waals surface area (Å²) in [6.07, 6.45) is 0. The van der Waals surface area contributed by atoms with E-state index in [-0.39, 0.29) is 5.91 Å². The highest BCUT2D eigenvalue weighted by atomic mass is 16.7. The Balaban J connectivity index is 1.20. The third-order valence-electron chi connectivity index (χ3n) is 5.26. The van der Waals surface area contributed by atoms with Crippen molar-refractivity contribution in [1.29, 1.82) is 0 Å². The van der Waals surface area contributed by atoms with E-state index >= 15 is 0 Å². The van der Waals surface area contributed by atoms with Crippen molar-refractivity contribution < 1.29 is 14.3 Å². The second kappa shape index (κ2) is 8.63. The average molecular weight is 381 g/mol. The Morgan fingerprint density at radius 3 is 2.64 bits per heavy atom. The predicted octanol–water partition coefficient (Wildman–Crippen LogP) is 2.16. The van der Waals surface area contributed by atoms with Crippen LogP contribution in [0.4, 0.5) is 0 Å². The number of amides is 1. The van der Waals surface area contributed by atoms with Gasteiger partial charge in [-0.25, -0.2) is 0 Å². The highest BCUT2D eigenvalue weighted by Crippen LogP contribution is 2.32. The standard InChI is InChI=1S/C22H27N3O3/c1-17-3-2-4-18(11-17)13-23-14-22(26)25-9-7-24(8-10-25)15-19-5-6-20-21(12-19)28-16-27-20/h2-6,11-12,23H,7-10,13-16H2,1H3. The maximum Gasteiger partial charge on any atom is 0.236 e. The summed E-state index contributed by atoms with van der Waals surface area (Å²) in [6.45, 7) is 7.67. The summed E-state index contributed by atoms with van der Waals surface area (Å²) in [6, 6.07) is 14.5. The van der Waals surface area contributed by atoms with Crippen LogP contribution in [0.5, 0.6) is 11.5 Å². The van der Waals surface area contributed by atoms with E-state index in [0.29, 0.717) is 13.3 Å². The number of carbonyl (C=O) groups is 1. The number of nitrogens with zero attached hydrogens (tertiary/aromatic N) is 2. The van der Waals surface area contributed by atoms with Crippen LogP contribution in [0.15, 0.2) is 42.5 Å². The predicted molar refractivity (Wildman–Crippen MR) is 107 cm³/mol. The van der Waals surface area contributed by atoms with Gasteiger partial charge in [-0.3, -0.25) is 9.69 Å². The number of hydrogen-bond acceptors (Lipinski definition) is 5. The summed E-state index contributed by atoms with van der Waals surface area (Å²) in [4.78, 5) is 16.8. The monoisotopic (exact) mass is 381 g/mol. The molecule has 0 atom stereocenters. The summed E-state index contributed by atoms with van der Waals surface area (Å²) in [5.41, 5.74) is 3.66. The van der Waals surface area contributed by atoms with Crippen molar-refractivity contribution in [2.24, 2.45) is 0 Å². The maximum atomic E-state index is 12.5. The topological polar surface area (TPSA) is 54.0 Å². The van der Waals surface area contributed by atoms with Crippen LogP contribution in [0.2, 0.25) is 0 Å². The fourth-order valence-corrected chi connectivity index (χ4v) is 3.70. The minimum absolute atomic E-state index is 0.176. The molecule has 0 aromatic heterocycles. The molecule has 1 amide bonds. The number of carbonyl (C=O) groups excluding carboxylic acids is 1. The van der Waals surface area contributed by atoms with E-state index in [2.05, 4.69) is 47.5 Å². The third kappa shape index (κ3) is 4.64. The fourth-order valence-electron chi connectivity index (χ4n) is 3.70.